The number of Topliss-reactive ketones (excluding diaryl/α,β-unsaturated/α-hetero) is 1. The van der Waals surface area contributed by atoms with Crippen LogP contribution in [0.25, 0.3) is 22.1 Å². The van der Waals surface area contributed by atoms with Gasteiger partial charge < -0.3 is 9.15 Å². The van der Waals surface area contributed by atoms with Crippen LogP contribution in [-0.4, -0.2) is 43.5 Å². The van der Waals surface area contributed by atoms with Gasteiger partial charge in [0.1, 0.15) is 11.1 Å². The lowest BCUT2D eigenvalue weighted by Crippen LogP contribution is -2.37. The third-order valence-corrected chi connectivity index (χ3v) is 5.23. The molecule has 0 N–H and O–H groups in total. The summed E-state index contributed by atoms with van der Waals surface area (Å²) in [5.74, 6) is -0.173. The molecule has 0 spiro atoms. The number of hydrogen-bond donors (Lipinski definition) is 0. The Bertz CT molecular complexity index is 1050. The molecule has 5 nitrogen and oxygen atoms in total. The Hall–Kier alpha value is -2.76. The molecule has 1 aliphatic heterocycles. The molecule has 0 amide bonds. The summed E-state index contributed by atoms with van der Waals surface area (Å²) in [5.41, 5.74) is 3.09. The zero-order chi connectivity index (χ0) is 19.5. The highest BCUT2D eigenvalue weighted by molar-refractivity contribution is 5.99. The predicted molar refractivity (Wildman–Crippen MR) is 109 cm³/mol. The highest BCUT2D eigenvalue weighted by atomic mass is 16.5. The molecule has 0 radical (unpaired) electrons. The average Bonchev–Trinajstić information content (AvgIpc) is 2.73. The van der Waals surface area contributed by atoms with E-state index in [0.717, 1.165) is 35.2 Å². The van der Waals surface area contributed by atoms with Crippen LogP contribution in [0.4, 0.5) is 0 Å². The van der Waals surface area contributed by atoms with Crippen molar-refractivity contribution in [1.82, 2.24) is 4.90 Å². The summed E-state index contributed by atoms with van der Waals surface area (Å²) < 4.78 is 10.9. The van der Waals surface area contributed by atoms with Gasteiger partial charge in [-0.2, -0.15) is 0 Å². The van der Waals surface area contributed by atoms with Gasteiger partial charge in [0.2, 0.25) is 0 Å². The fraction of sp³-hybridized carbons (Fsp3) is 0.304. The standard InChI is InChI=1S/C23H23NO4/c1-16-13-18(17-5-3-2-4-6-17)14-22-19(16)15-20(23(26)28-22)21(25)7-8-24-9-11-27-12-10-24/h2-6,13-15H,7-12H2,1H3. The molecule has 28 heavy (non-hydrogen) atoms. The molecule has 0 saturated carbocycles. The van der Waals surface area contributed by atoms with Crippen LogP contribution in [0.1, 0.15) is 22.3 Å². The van der Waals surface area contributed by atoms with Gasteiger partial charge in [-0.15, -0.1) is 0 Å². The topological polar surface area (TPSA) is 59.8 Å². The van der Waals surface area contributed by atoms with Crippen molar-refractivity contribution < 1.29 is 13.9 Å². The largest absolute Gasteiger partial charge is 0.422 e. The molecule has 1 aliphatic rings. The fourth-order valence-corrected chi connectivity index (χ4v) is 3.60. The summed E-state index contributed by atoms with van der Waals surface area (Å²) in [6.07, 6.45) is 0.303. The monoisotopic (exact) mass is 377 g/mol. The number of carbonyl (C=O) groups excluding carboxylic acids is 1. The Balaban J connectivity index is 1.62. The highest BCUT2D eigenvalue weighted by Gasteiger charge is 2.18. The molecule has 144 valence electrons. The van der Waals surface area contributed by atoms with Crippen molar-refractivity contribution in [3.05, 3.63) is 70.1 Å². The molecule has 2 heterocycles. The van der Waals surface area contributed by atoms with Gasteiger partial charge in [0.05, 0.1) is 13.2 Å². The quantitative estimate of drug-likeness (QED) is 0.501. The fourth-order valence-electron chi connectivity index (χ4n) is 3.60. The van der Waals surface area contributed by atoms with Gasteiger partial charge in [-0.05, 0) is 35.7 Å². The first kappa shape index (κ1) is 18.6. The molecule has 3 aromatic rings. The van der Waals surface area contributed by atoms with Crippen molar-refractivity contribution in [2.75, 3.05) is 32.8 Å². The van der Waals surface area contributed by atoms with Crippen molar-refractivity contribution in [2.45, 2.75) is 13.3 Å². The van der Waals surface area contributed by atoms with Crippen molar-refractivity contribution in [3.8, 4) is 11.1 Å². The number of ether oxygens (including phenoxy) is 1. The van der Waals surface area contributed by atoms with Crippen molar-refractivity contribution >= 4 is 16.8 Å². The lowest BCUT2D eigenvalue weighted by Gasteiger charge is -2.26. The number of nitrogens with zero attached hydrogens (tertiary/aromatic N) is 1. The van der Waals surface area contributed by atoms with Crippen molar-refractivity contribution in [3.63, 3.8) is 0 Å². The third-order valence-electron chi connectivity index (χ3n) is 5.23. The number of carbonyl (C=O) groups is 1. The van der Waals surface area contributed by atoms with Crippen LogP contribution in [0.3, 0.4) is 0 Å². The molecular weight excluding hydrogens is 354 g/mol. The SMILES string of the molecule is Cc1cc(-c2ccccc2)cc2oc(=O)c(C(=O)CCN3CCOCC3)cc12. The summed E-state index contributed by atoms with van der Waals surface area (Å²) in [6, 6.07) is 15.5. The van der Waals surface area contributed by atoms with Crippen molar-refractivity contribution in [1.29, 1.82) is 0 Å². The molecule has 0 atom stereocenters. The summed E-state index contributed by atoms with van der Waals surface area (Å²) >= 11 is 0. The number of benzene rings is 2. The summed E-state index contributed by atoms with van der Waals surface area (Å²) in [5, 5.41) is 0.800. The van der Waals surface area contributed by atoms with Gasteiger partial charge in [-0.3, -0.25) is 9.69 Å². The Morgan fingerprint density at radius 3 is 2.54 bits per heavy atom. The van der Waals surface area contributed by atoms with Gasteiger partial charge in [0, 0.05) is 31.4 Å². The first-order valence-electron chi connectivity index (χ1n) is 9.59. The van der Waals surface area contributed by atoms with Gasteiger partial charge in [0.15, 0.2) is 5.78 Å². The van der Waals surface area contributed by atoms with Gasteiger partial charge in [-0.25, -0.2) is 4.79 Å². The van der Waals surface area contributed by atoms with Gasteiger partial charge in [0.25, 0.3) is 0 Å². The van der Waals surface area contributed by atoms with Crippen LogP contribution in [0.5, 0.6) is 0 Å². The number of fused-ring (bicyclic) bond motifs is 1. The maximum Gasteiger partial charge on any atom is 0.347 e. The molecule has 1 saturated heterocycles. The third kappa shape index (κ3) is 3.91. The normalized spacial score (nSPS) is 15.0. The maximum absolute atomic E-state index is 12.6. The molecule has 4 rings (SSSR count). The molecule has 1 fully saturated rings. The molecule has 0 bridgehead atoms. The number of morpholine rings is 1. The van der Waals surface area contributed by atoms with E-state index >= 15 is 0 Å². The van der Waals surface area contributed by atoms with E-state index in [1.165, 1.54) is 0 Å². The second kappa shape index (κ2) is 8.09. The van der Waals surface area contributed by atoms with Crippen LogP contribution < -0.4 is 5.63 Å². The van der Waals surface area contributed by atoms with E-state index in [0.29, 0.717) is 31.8 Å². The van der Waals surface area contributed by atoms with E-state index in [-0.39, 0.29) is 11.3 Å². The van der Waals surface area contributed by atoms with E-state index in [1.54, 1.807) is 6.07 Å². The number of ketones is 1. The van der Waals surface area contributed by atoms with Gasteiger partial charge >= 0.3 is 5.63 Å². The minimum absolute atomic E-state index is 0.135. The number of rotatable bonds is 5. The van der Waals surface area contributed by atoms with Crippen LogP contribution >= 0.6 is 0 Å². The zero-order valence-electron chi connectivity index (χ0n) is 15.9. The smallest absolute Gasteiger partial charge is 0.347 e. The predicted octanol–water partition coefficient (Wildman–Crippen LogP) is 3.67. The van der Waals surface area contributed by atoms with E-state index in [9.17, 15) is 9.59 Å². The average molecular weight is 377 g/mol. The second-order valence-corrected chi connectivity index (χ2v) is 7.15. The molecule has 2 aromatic carbocycles. The number of aryl methyl sites for hydroxylation is 1. The van der Waals surface area contributed by atoms with Crippen molar-refractivity contribution in [2.24, 2.45) is 0 Å². The summed E-state index contributed by atoms with van der Waals surface area (Å²) in [6.45, 7) is 5.62. The molecule has 0 unspecified atom stereocenters. The molecule has 0 aliphatic carbocycles. The van der Waals surface area contributed by atoms with Gasteiger partial charge in [-0.1, -0.05) is 36.4 Å². The Kier molecular flexibility index (Phi) is 5.37. The van der Waals surface area contributed by atoms with Crippen LogP contribution in [0, 0.1) is 6.92 Å². The zero-order valence-corrected chi connectivity index (χ0v) is 15.9. The lowest BCUT2D eigenvalue weighted by atomic mass is 9.99. The second-order valence-electron chi connectivity index (χ2n) is 7.15. The van der Waals surface area contributed by atoms with Crippen LogP contribution in [0.2, 0.25) is 0 Å². The van der Waals surface area contributed by atoms with Crippen LogP contribution in [-0.2, 0) is 4.74 Å². The summed E-state index contributed by atoms with van der Waals surface area (Å²) in [4.78, 5) is 27.3. The Morgan fingerprint density at radius 1 is 1.04 bits per heavy atom. The molecule has 1 aromatic heterocycles. The van der Waals surface area contributed by atoms with E-state index in [2.05, 4.69) is 11.0 Å². The first-order valence-corrected chi connectivity index (χ1v) is 9.59. The summed E-state index contributed by atoms with van der Waals surface area (Å²) in [7, 11) is 0. The minimum atomic E-state index is -0.566. The van der Waals surface area contributed by atoms with E-state index in [1.807, 2.05) is 43.3 Å². The maximum atomic E-state index is 12.6. The first-order chi connectivity index (χ1) is 13.6. The minimum Gasteiger partial charge on any atom is -0.422 e. The van der Waals surface area contributed by atoms with E-state index < -0.39 is 5.63 Å². The number of hydrogen-bond acceptors (Lipinski definition) is 5. The highest BCUT2D eigenvalue weighted by Crippen LogP contribution is 2.27. The van der Waals surface area contributed by atoms with E-state index in [4.69, 9.17) is 9.15 Å². The molecule has 5 heteroatoms. The van der Waals surface area contributed by atoms with Crippen LogP contribution in [0.15, 0.2) is 57.7 Å². The molecular formula is C23H23NO4. The lowest BCUT2D eigenvalue weighted by molar-refractivity contribution is 0.0370. The Labute approximate surface area is 163 Å². The Morgan fingerprint density at radius 2 is 1.79 bits per heavy atom.